The molecule has 1 aromatic carbocycles. The summed E-state index contributed by atoms with van der Waals surface area (Å²) in [6.07, 6.45) is 10.1. The summed E-state index contributed by atoms with van der Waals surface area (Å²) in [4.78, 5) is 11.9. The normalized spacial score (nSPS) is 10.6. The van der Waals surface area contributed by atoms with E-state index >= 15 is 0 Å². The molecular formula is C17H27ClN2O. The maximum atomic E-state index is 11.9. The minimum atomic E-state index is -0.104. The van der Waals surface area contributed by atoms with Crippen LogP contribution in [0.1, 0.15) is 68.6 Å². The van der Waals surface area contributed by atoms with Crippen LogP contribution in [-0.2, 0) is 0 Å². The molecule has 0 radical (unpaired) electrons. The van der Waals surface area contributed by atoms with E-state index in [0.717, 1.165) is 6.42 Å². The Morgan fingerprint density at radius 1 is 1.05 bits per heavy atom. The average molecular weight is 311 g/mol. The third kappa shape index (κ3) is 7.96. The van der Waals surface area contributed by atoms with Crippen LogP contribution in [0.25, 0.3) is 0 Å². The van der Waals surface area contributed by atoms with Crippen molar-refractivity contribution in [2.24, 2.45) is 0 Å². The summed E-state index contributed by atoms with van der Waals surface area (Å²) < 4.78 is 0. The van der Waals surface area contributed by atoms with E-state index in [-0.39, 0.29) is 5.91 Å². The van der Waals surface area contributed by atoms with Crippen LogP contribution in [0.15, 0.2) is 18.2 Å². The van der Waals surface area contributed by atoms with Gasteiger partial charge in [-0.15, -0.1) is 0 Å². The maximum Gasteiger partial charge on any atom is 0.251 e. The molecule has 21 heavy (non-hydrogen) atoms. The summed E-state index contributed by atoms with van der Waals surface area (Å²) in [6.45, 7) is 2.94. The van der Waals surface area contributed by atoms with Gasteiger partial charge in [-0.3, -0.25) is 4.79 Å². The number of nitrogens with one attached hydrogen (secondary N) is 1. The van der Waals surface area contributed by atoms with Crippen molar-refractivity contribution in [1.29, 1.82) is 0 Å². The summed E-state index contributed by atoms with van der Waals surface area (Å²) in [7, 11) is 0. The molecule has 1 amide bonds. The van der Waals surface area contributed by atoms with Crippen molar-refractivity contribution in [3.63, 3.8) is 0 Å². The molecule has 1 aromatic rings. The summed E-state index contributed by atoms with van der Waals surface area (Å²) in [5.74, 6) is -0.104. The van der Waals surface area contributed by atoms with Crippen molar-refractivity contribution in [3.8, 4) is 0 Å². The van der Waals surface area contributed by atoms with Crippen molar-refractivity contribution in [1.82, 2.24) is 5.32 Å². The van der Waals surface area contributed by atoms with Gasteiger partial charge >= 0.3 is 0 Å². The van der Waals surface area contributed by atoms with E-state index in [1.54, 1.807) is 18.2 Å². The van der Waals surface area contributed by atoms with Gasteiger partial charge < -0.3 is 11.1 Å². The van der Waals surface area contributed by atoms with Crippen LogP contribution >= 0.6 is 11.6 Å². The summed E-state index contributed by atoms with van der Waals surface area (Å²) in [6, 6.07) is 4.92. The number of carbonyl (C=O) groups is 1. The lowest BCUT2D eigenvalue weighted by molar-refractivity contribution is 0.0953. The number of unbranched alkanes of at least 4 members (excludes halogenated alkanes) is 7. The van der Waals surface area contributed by atoms with Crippen molar-refractivity contribution < 1.29 is 4.79 Å². The van der Waals surface area contributed by atoms with Gasteiger partial charge in [0, 0.05) is 22.8 Å². The molecule has 0 heterocycles. The molecule has 0 aliphatic rings. The van der Waals surface area contributed by atoms with E-state index in [1.165, 1.54) is 44.9 Å². The first-order chi connectivity index (χ1) is 10.1. The average Bonchev–Trinajstić information content (AvgIpc) is 2.44. The standard InChI is InChI=1S/C17H27ClN2O/c1-2-3-4-5-6-7-8-9-10-20-17(21)14-11-15(18)13-16(19)12-14/h11-13H,2-10,19H2,1H3,(H,20,21). The van der Waals surface area contributed by atoms with E-state index in [9.17, 15) is 4.79 Å². The highest BCUT2D eigenvalue weighted by atomic mass is 35.5. The van der Waals surface area contributed by atoms with Gasteiger partial charge in [0.1, 0.15) is 0 Å². The molecule has 118 valence electrons. The van der Waals surface area contributed by atoms with E-state index in [2.05, 4.69) is 12.2 Å². The Morgan fingerprint density at radius 3 is 2.29 bits per heavy atom. The lowest BCUT2D eigenvalue weighted by Gasteiger charge is -2.06. The number of nitrogen functional groups attached to an aromatic ring is 1. The van der Waals surface area contributed by atoms with Gasteiger partial charge in [-0.05, 0) is 24.6 Å². The van der Waals surface area contributed by atoms with Gasteiger partial charge in [0.15, 0.2) is 0 Å². The topological polar surface area (TPSA) is 55.1 Å². The van der Waals surface area contributed by atoms with Crippen molar-refractivity contribution in [3.05, 3.63) is 28.8 Å². The zero-order valence-electron chi connectivity index (χ0n) is 13.0. The highest BCUT2D eigenvalue weighted by molar-refractivity contribution is 6.31. The molecule has 0 unspecified atom stereocenters. The lowest BCUT2D eigenvalue weighted by Crippen LogP contribution is -2.24. The minimum absolute atomic E-state index is 0.104. The number of anilines is 1. The first-order valence-electron chi connectivity index (χ1n) is 7.97. The van der Waals surface area contributed by atoms with E-state index in [0.29, 0.717) is 22.8 Å². The highest BCUT2D eigenvalue weighted by Crippen LogP contribution is 2.16. The van der Waals surface area contributed by atoms with Crippen LogP contribution in [0, 0.1) is 0 Å². The zero-order valence-corrected chi connectivity index (χ0v) is 13.7. The van der Waals surface area contributed by atoms with Crippen LogP contribution in [0.3, 0.4) is 0 Å². The first-order valence-corrected chi connectivity index (χ1v) is 8.35. The Hall–Kier alpha value is -1.22. The Kier molecular flexibility index (Phi) is 8.91. The van der Waals surface area contributed by atoms with E-state index in [1.807, 2.05) is 0 Å². The largest absolute Gasteiger partial charge is 0.399 e. The molecule has 4 heteroatoms. The number of hydrogen-bond donors (Lipinski definition) is 2. The molecule has 1 rings (SSSR count). The molecule has 0 saturated heterocycles. The number of rotatable bonds is 10. The third-order valence-corrected chi connectivity index (χ3v) is 3.72. The number of carbonyl (C=O) groups excluding carboxylic acids is 1. The maximum absolute atomic E-state index is 11.9. The lowest BCUT2D eigenvalue weighted by atomic mass is 10.1. The molecular weight excluding hydrogens is 284 g/mol. The number of amides is 1. The predicted molar refractivity (Wildman–Crippen MR) is 90.8 cm³/mol. The van der Waals surface area contributed by atoms with Gasteiger partial charge in [0.05, 0.1) is 0 Å². The fraction of sp³-hybridized carbons (Fsp3) is 0.588. The number of benzene rings is 1. The Balaban J connectivity index is 2.11. The SMILES string of the molecule is CCCCCCCCCCNC(=O)c1cc(N)cc(Cl)c1. The summed E-state index contributed by atoms with van der Waals surface area (Å²) >= 11 is 5.89. The Labute approximate surface area is 133 Å². The van der Waals surface area contributed by atoms with Crippen LogP contribution in [0.4, 0.5) is 5.69 Å². The van der Waals surface area contributed by atoms with Gasteiger partial charge in [-0.1, -0.05) is 63.5 Å². The molecule has 0 aliphatic heterocycles. The summed E-state index contributed by atoms with van der Waals surface area (Å²) in [5, 5.41) is 3.40. The van der Waals surface area contributed by atoms with Crippen LogP contribution in [-0.4, -0.2) is 12.5 Å². The quantitative estimate of drug-likeness (QED) is 0.482. The second-order valence-electron chi connectivity index (χ2n) is 5.50. The molecule has 0 bridgehead atoms. The third-order valence-electron chi connectivity index (χ3n) is 3.50. The van der Waals surface area contributed by atoms with Gasteiger partial charge in [0.25, 0.3) is 5.91 Å². The second-order valence-corrected chi connectivity index (χ2v) is 5.94. The Morgan fingerprint density at radius 2 is 1.67 bits per heavy atom. The number of hydrogen-bond acceptors (Lipinski definition) is 2. The van der Waals surface area contributed by atoms with E-state index in [4.69, 9.17) is 17.3 Å². The number of halogens is 1. The molecule has 0 saturated carbocycles. The van der Waals surface area contributed by atoms with Crippen molar-refractivity contribution >= 4 is 23.2 Å². The molecule has 0 spiro atoms. The molecule has 0 aromatic heterocycles. The van der Waals surface area contributed by atoms with Crippen LogP contribution in [0.2, 0.25) is 5.02 Å². The van der Waals surface area contributed by atoms with Gasteiger partial charge in [-0.2, -0.15) is 0 Å². The van der Waals surface area contributed by atoms with Crippen LogP contribution in [0.5, 0.6) is 0 Å². The molecule has 3 nitrogen and oxygen atoms in total. The predicted octanol–water partition coefficient (Wildman–Crippen LogP) is 4.79. The fourth-order valence-corrected chi connectivity index (χ4v) is 2.55. The minimum Gasteiger partial charge on any atom is -0.399 e. The Bertz CT molecular complexity index is 415. The van der Waals surface area contributed by atoms with Gasteiger partial charge in [0.2, 0.25) is 0 Å². The van der Waals surface area contributed by atoms with Gasteiger partial charge in [-0.25, -0.2) is 0 Å². The fourth-order valence-electron chi connectivity index (χ4n) is 2.31. The second kappa shape index (κ2) is 10.5. The smallest absolute Gasteiger partial charge is 0.251 e. The molecule has 0 fully saturated rings. The number of nitrogens with two attached hydrogens (primary N) is 1. The zero-order chi connectivity index (χ0) is 15.5. The molecule has 0 atom stereocenters. The molecule has 3 N–H and O–H groups in total. The van der Waals surface area contributed by atoms with Crippen LogP contribution < -0.4 is 11.1 Å². The monoisotopic (exact) mass is 310 g/mol. The highest BCUT2D eigenvalue weighted by Gasteiger charge is 2.06. The van der Waals surface area contributed by atoms with Crippen molar-refractivity contribution in [2.45, 2.75) is 58.3 Å². The first kappa shape index (κ1) is 17.8. The van der Waals surface area contributed by atoms with Crippen molar-refractivity contribution in [2.75, 3.05) is 12.3 Å². The summed E-state index contributed by atoms with van der Waals surface area (Å²) in [5.41, 5.74) is 6.72. The molecule has 0 aliphatic carbocycles. The van der Waals surface area contributed by atoms with E-state index < -0.39 is 0 Å².